The highest BCUT2D eigenvalue weighted by Crippen LogP contribution is 2.35. The Hall–Kier alpha value is -1.34. The molecule has 0 N–H and O–H groups in total. The quantitative estimate of drug-likeness (QED) is 0.730. The number of morpholine rings is 1. The van der Waals surface area contributed by atoms with Crippen molar-refractivity contribution in [1.29, 1.82) is 0 Å². The summed E-state index contributed by atoms with van der Waals surface area (Å²) in [4.78, 5) is 31.6. The Morgan fingerprint density at radius 3 is 2.41 bits per heavy atom. The molecule has 0 radical (unpaired) electrons. The van der Waals surface area contributed by atoms with Gasteiger partial charge in [-0.25, -0.2) is 4.79 Å². The lowest BCUT2D eigenvalue weighted by atomic mass is 9.89. The third-order valence-corrected chi connectivity index (χ3v) is 6.52. The molecule has 27 heavy (non-hydrogen) atoms. The van der Waals surface area contributed by atoms with Gasteiger partial charge in [0.05, 0.1) is 25.3 Å². The van der Waals surface area contributed by atoms with E-state index in [-0.39, 0.29) is 18.0 Å². The number of rotatable bonds is 5. The third-order valence-electron chi connectivity index (χ3n) is 6.52. The Labute approximate surface area is 162 Å². The molecule has 0 saturated carbocycles. The lowest BCUT2D eigenvalue weighted by Crippen LogP contribution is -2.61. The van der Waals surface area contributed by atoms with Crippen LogP contribution in [-0.2, 0) is 14.3 Å². The number of amides is 2. The van der Waals surface area contributed by atoms with Gasteiger partial charge in [-0.3, -0.25) is 9.69 Å². The maximum absolute atomic E-state index is 13.2. The molecule has 3 saturated heterocycles. The normalized spacial score (nSPS) is 25.0. The molecule has 0 aliphatic carbocycles. The summed E-state index contributed by atoms with van der Waals surface area (Å²) < 4.78 is 11.2. The highest BCUT2D eigenvalue weighted by molar-refractivity contribution is 5.85. The zero-order valence-corrected chi connectivity index (χ0v) is 17.3. The van der Waals surface area contributed by atoms with Crippen molar-refractivity contribution in [2.45, 2.75) is 70.6 Å². The van der Waals surface area contributed by atoms with E-state index in [2.05, 4.69) is 18.7 Å². The van der Waals surface area contributed by atoms with Crippen molar-refractivity contribution in [3.63, 3.8) is 0 Å². The van der Waals surface area contributed by atoms with E-state index in [0.29, 0.717) is 32.8 Å². The van der Waals surface area contributed by atoms with Crippen LogP contribution in [0.4, 0.5) is 4.79 Å². The van der Waals surface area contributed by atoms with E-state index in [4.69, 9.17) is 9.47 Å². The van der Waals surface area contributed by atoms with E-state index in [1.54, 1.807) is 0 Å². The zero-order chi connectivity index (χ0) is 19.7. The number of hydrogen-bond acceptors (Lipinski definition) is 5. The first-order valence-electron chi connectivity index (χ1n) is 10.4. The molecular formula is C20H35N3O4. The molecule has 0 aromatic carbocycles. The van der Waals surface area contributed by atoms with Crippen LogP contribution in [0.5, 0.6) is 0 Å². The summed E-state index contributed by atoms with van der Waals surface area (Å²) in [6, 6.07) is 0.210. The van der Waals surface area contributed by atoms with Crippen molar-refractivity contribution in [3.8, 4) is 0 Å². The van der Waals surface area contributed by atoms with E-state index in [9.17, 15) is 9.59 Å². The van der Waals surface area contributed by atoms with Gasteiger partial charge < -0.3 is 19.3 Å². The number of likely N-dealkylation sites (tertiary alicyclic amines) is 1. The lowest BCUT2D eigenvalue weighted by molar-refractivity contribution is -0.148. The molecule has 7 heteroatoms. The van der Waals surface area contributed by atoms with Crippen LogP contribution in [0.15, 0.2) is 0 Å². The number of carbonyl (C=O) groups excluding carboxylic acids is 2. The summed E-state index contributed by atoms with van der Waals surface area (Å²) in [5.74, 6) is 0.166. The van der Waals surface area contributed by atoms with E-state index in [1.807, 2.05) is 23.6 Å². The molecule has 3 aliphatic rings. The van der Waals surface area contributed by atoms with Crippen LogP contribution >= 0.6 is 0 Å². The van der Waals surface area contributed by atoms with Gasteiger partial charge in [0.25, 0.3) is 0 Å². The molecule has 3 fully saturated rings. The van der Waals surface area contributed by atoms with Crippen LogP contribution in [0.2, 0.25) is 0 Å². The van der Waals surface area contributed by atoms with Gasteiger partial charge in [0.1, 0.15) is 5.60 Å². The van der Waals surface area contributed by atoms with Gasteiger partial charge in [-0.05, 0) is 27.2 Å². The van der Waals surface area contributed by atoms with E-state index in [1.165, 1.54) is 0 Å². The second-order valence-corrected chi connectivity index (χ2v) is 8.77. The van der Waals surface area contributed by atoms with E-state index in [0.717, 1.165) is 38.8 Å². The van der Waals surface area contributed by atoms with Crippen LogP contribution in [0, 0.1) is 0 Å². The maximum Gasteiger partial charge on any atom is 0.410 e. The molecular weight excluding hydrogens is 346 g/mol. The molecule has 3 rings (SSSR count). The molecule has 3 heterocycles. The molecule has 154 valence electrons. The van der Waals surface area contributed by atoms with Crippen LogP contribution in [0.3, 0.4) is 0 Å². The molecule has 0 bridgehead atoms. The van der Waals surface area contributed by atoms with Crippen molar-refractivity contribution >= 4 is 12.0 Å². The van der Waals surface area contributed by atoms with Crippen molar-refractivity contribution in [3.05, 3.63) is 0 Å². The summed E-state index contributed by atoms with van der Waals surface area (Å²) in [7, 11) is 0. The zero-order valence-electron chi connectivity index (χ0n) is 17.3. The second-order valence-electron chi connectivity index (χ2n) is 8.77. The average molecular weight is 382 g/mol. The Morgan fingerprint density at radius 2 is 1.81 bits per heavy atom. The minimum atomic E-state index is -0.525. The van der Waals surface area contributed by atoms with Gasteiger partial charge in [0.15, 0.2) is 0 Å². The molecule has 0 aromatic heterocycles. The predicted molar refractivity (Wildman–Crippen MR) is 103 cm³/mol. The van der Waals surface area contributed by atoms with Gasteiger partial charge >= 0.3 is 6.09 Å². The SMILES string of the molecule is CCC[C@H](C)N1CC2(CCN(C(=O)C(C)(C)N3CCOCC3)CC2)OC1=O. The van der Waals surface area contributed by atoms with Crippen molar-refractivity contribution < 1.29 is 19.1 Å². The van der Waals surface area contributed by atoms with E-state index >= 15 is 0 Å². The number of carbonyl (C=O) groups is 2. The fraction of sp³-hybridized carbons (Fsp3) is 0.900. The Morgan fingerprint density at radius 1 is 1.19 bits per heavy atom. The third kappa shape index (κ3) is 4.09. The van der Waals surface area contributed by atoms with Gasteiger partial charge in [0, 0.05) is 45.1 Å². The molecule has 1 spiro atoms. The number of hydrogen-bond donors (Lipinski definition) is 0. The van der Waals surface area contributed by atoms with Crippen LogP contribution in [0.1, 0.15) is 53.4 Å². The van der Waals surface area contributed by atoms with Crippen molar-refractivity contribution in [2.75, 3.05) is 45.9 Å². The minimum Gasteiger partial charge on any atom is -0.441 e. The second kappa shape index (κ2) is 7.95. The van der Waals surface area contributed by atoms with Gasteiger partial charge in [0.2, 0.25) is 5.91 Å². The molecule has 7 nitrogen and oxygen atoms in total. The number of nitrogens with zero attached hydrogens (tertiary/aromatic N) is 3. The summed E-state index contributed by atoms with van der Waals surface area (Å²) in [6.07, 6.45) is 3.29. The molecule has 0 unspecified atom stereocenters. The van der Waals surface area contributed by atoms with Crippen LogP contribution in [-0.4, -0.2) is 89.8 Å². The first kappa shape index (κ1) is 20.4. The standard InChI is InChI=1S/C20H35N3O4/c1-5-6-16(2)23-15-20(27-18(23)25)7-9-21(10-8-20)17(24)19(3,4)22-11-13-26-14-12-22/h16H,5-15H2,1-4H3/t16-/m0/s1. The summed E-state index contributed by atoms with van der Waals surface area (Å²) in [5, 5.41) is 0. The highest BCUT2D eigenvalue weighted by Gasteiger charge is 2.50. The van der Waals surface area contributed by atoms with E-state index < -0.39 is 11.1 Å². The Kier molecular flexibility index (Phi) is 6.01. The number of ether oxygens (including phenoxy) is 2. The Bertz CT molecular complexity index is 551. The molecule has 3 aliphatic heterocycles. The van der Waals surface area contributed by atoms with Gasteiger partial charge in [-0.15, -0.1) is 0 Å². The van der Waals surface area contributed by atoms with Crippen molar-refractivity contribution in [2.24, 2.45) is 0 Å². The van der Waals surface area contributed by atoms with Gasteiger partial charge in [-0.2, -0.15) is 0 Å². The largest absolute Gasteiger partial charge is 0.441 e. The monoisotopic (exact) mass is 381 g/mol. The first-order chi connectivity index (χ1) is 12.8. The lowest BCUT2D eigenvalue weighted by Gasteiger charge is -2.45. The number of piperidine rings is 1. The maximum atomic E-state index is 13.2. The summed E-state index contributed by atoms with van der Waals surface area (Å²) >= 11 is 0. The van der Waals surface area contributed by atoms with Crippen molar-refractivity contribution in [1.82, 2.24) is 14.7 Å². The smallest absolute Gasteiger partial charge is 0.410 e. The molecule has 2 amide bonds. The average Bonchev–Trinajstić information content (AvgIpc) is 2.98. The summed E-state index contributed by atoms with van der Waals surface area (Å²) in [6.45, 7) is 13.1. The fourth-order valence-corrected chi connectivity index (χ4v) is 4.58. The molecule has 1 atom stereocenters. The topological polar surface area (TPSA) is 62.3 Å². The fourth-order valence-electron chi connectivity index (χ4n) is 4.58. The summed E-state index contributed by atoms with van der Waals surface area (Å²) in [5.41, 5.74) is -0.943. The minimum absolute atomic E-state index is 0.166. The van der Waals surface area contributed by atoms with Crippen LogP contribution in [0.25, 0.3) is 0 Å². The van der Waals surface area contributed by atoms with Crippen LogP contribution < -0.4 is 0 Å². The van der Waals surface area contributed by atoms with Gasteiger partial charge in [-0.1, -0.05) is 13.3 Å². The highest BCUT2D eigenvalue weighted by atomic mass is 16.6. The Balaban J connectivity index is 1.58. The molecule has 0 aromatic rings. The first-order valence-corrected chi connectivity index (χ1v) is 10.4. The predicted octanol–water partition coefficient (Wildman–Crippen LogP) is 2.10.